The summed E-state index contributed by atoms with van der Waals surface area (Å²) in [5.74, 6) is -1.13. The molecule has 2 heterocycles. The van der Waals surface area contributed by atoms with Gasteiger partial charge in [-0.1, -0.05) is 12.1 Å². The third kappa shape index (κ3) is 3.80. The Balaban J connectivity index is 1.77. The van der Waals surface area contributed by atoms with E-state index in [9.17, 15) is 14.7 Å². The minimum Gasteiger partial charge on any atom is -0.496 e. The lowest BCUT2D eigenvalue weighted by molar-refractivity contribution is -0.140. The van der Waals surface area contributed by atoms with Gasteiger partial charge in [-0.2, -0.15) is 0 Å². The Morgan fingerprint density at radius 3 is 2.92 bits per heavy atom. The van der Waals surface area contributed by atoms with Crippen LogP contribution < -0.4 is 10.1 Å². The topological polar surface area (TPSA) is 97.8 Å². The van der Waals surface area contributed by atoms with Crippen molar-refractivity contribution in [3.05, 3.63) is 35.3 Å². The second-order valence-corrected chi connectivity index (χ2v) is 6.51. The Bertz CT molecular complexity index is 770. The first-order valence-corrected chi connectivity index (χ1v) is 8.68. The third-order valence-electron chi connectivity index (χ3n) is 4.06. The van der Waals surface area contributed by atoms with Crippen molar-refractivity contribution < 1.29 is 24.2 Å². The van der Waals surface area contributed by atoms with Gasteiger partial charge in [0.1, 0.15) is 22.5 Å². The molecule has 1 aliphatic rings. The molecule has 0 bridgehead atoms. The number of hydrogen-bond donors (Lipinski definition) is 2. The van der Waals surface area contributed by atoms with Crippen molar-refractivity contribution in [3.63, 3.8) is 0 Å². The first-order valence-electron chi connectivity index (χ1n) is 7.80. The van der Waals surface area contributed by atoms with Gasteiger partial charge in [0.25, 0.3) is 5.91 Å². The Morgan fingerprint density at radius 1 is 1.44 bits per heavy atom. The van der Waals surface area contributed by atoms with Crippen molar-refractivity contribution in [1.29, 1.82) is 0 Å². The van der Waals surface area contributed by atoms with E-state index in [0.717, 1.165) is 5.56 Å². The first kappa shape index (κ1) is 17.4. The van der Waals surface area contributed by atoms with E-state index in [-0.39, 0.29) is 11.6 Å². The molecule has 1 aromatic carbocycles. The van der Waals surface area contributed by atoms with Crippen molar-refractivity contribution in [2.24, 2.45) is 5.92 Å². The van der Waals surface area contributed by atoms with Crippen LogP contribution in [0.3, 0.4) is 0 Å². The van der Waals surface area contributed by atoms with E-state index < -0.39 is 17.9 Å². The second kappa shape index (κ2) is 7.62. The van der Waals surface area contributed by atoms with Crippen molar-refractivity contribution in [3.8, 4) is 16.3 Å². The summed E-state index contributed by atoms with van der Waals surface area (Å²) in [6.45, 7) is 0.847. The molecular formula is C17H18N2O5S. The Kier molecular flexibility index (Phi) is 5.30. The van der Waals surface area contributed by atoms with Crippen LogP contribution in [0.4, 0.5) is 0 Å². The third-order valence-corrected chi connectivity index (χ3v) is 4.94. The molecule has 132 valence electrons. The molecule has 0 saturated carbocycles. The van der Waals surface area contributed by atoms with Crippen LogP contribution in [-0.2, 0) is 9.53 Å². The van der Waals surface area contributed by atoms with Crippen molar-refractivity contribution in [2.45, 2.75) is 12.5 Å². The molecule has 8 heteroatoms. The number of amides is 1. The number of carbonyl (C=O) groups is 2. The maximum absolute atomic E-state index is 12.4. The number of aliphatic carboxylic acids is 1. The second-order valence-electron chi connectivity index (χ2n) is 5.65. The Labute approximate surface area is 148 Å². The lowest BCUT2D eigenvalue weighted by atomic mass is 9.99. The van der Waals surface area contributed by atoms with Gasteiger partial charge in [0.2, 0.25) is 0 Å². The average Bonchev–Trinajstić information content (AvgIpc) is 3.30. The van der Waals surface area contributed by atoms with Crippen LogP contribution in [0.15, 0.2) is 29.6 Å². The van der Waals surface area contributed by atoms with Crippen molar-refractivity contribution in [1.82, 2.24) is 10.3 Å². The predicted octanol–water partition coefficient (Wildman–Crippen LogP) is 2.04. The predicted molar refractivity (Wildman–Crippen MR) is 91.9 cm³/mol. The number of thiazole rings is 1. The number of methoxy groups -OCH3 is 1. The highest BCUT2D eigenvalue weighted by Crippen LogP contribution is 2.31. The standard InChI is InChI=1S/C17H18N2O5S/c1-23-13-5-3-2-4-11(13)16-18-12(9-25-16)15(20)19-14(17(21)22)10-6-7-24-8-10/h2-5,9-10,14H,6-8H2,1H3,(H,19,20)(H,21,22). The zero-order valence-corrected chi connectivity index (χ0v) is 14.4. The number of carboxylic acids is 1. The quantitative estimate of drug-likeness (QED) is 0.816. The molecule has 7 nitrogen and oxygen atoms in total. The van der Waals surface area contributed by atoms with E-state index in [2.05, 4.69) is 10.3 Å². The molecule has 0 spiro atoms. The van der Waals surface area contributed by atoms with Crippen LogP contribution in [0.1, 0.15) is 16.9 Å². The van der Waals surface area contributed by atoms with Crippen LogP contribution in [-0.4, -0.2) is 48.3 Å². The van der Waals surface area contributed by atoms with Crippen molar-refractivity contribution in [2.75, 3.05) is 20.3 Å². The van der Waals surface area contributed by atoms with Crippen LogP contribution in [0.5, 0.6) is 5.75 Å². The minimum absolute atomic E-state index is 0.191. The minimum atomic E-state index is -1.07. The largest absolute Gasteiger partial charge is 0.496 e. The molecule has 2 N–H and O–H groups in total. The summed E-state index contributed by atoms with van der Waals surface area (Å²) in [6.07, 6.45) is 0.612. The van der Waals surface area contributed by atoms with Gasteiger partial charge < -0.3 is 19.9 Å². The maximum atomic E-state index is 12.4. The molecule has 2 aromatic rings. The van der Waals surface area contributed by atoms with E-state index in [0.29, 0.717) is 30.4 Å². The molecule has 25 heavy (non-hydrogen) atoms. The van der Waals surface area contributed by atoms with E-state index in [1.54, 1.807) is 12.5 Å². The number of nitrogens with zero attached hydrogens (tertiary/aromatic N) is 1. The fourth-order valence-corrected chi connectivity index (χ4v) is 3.56. The molecular weight excluding hydrogens is 344 g/mol. The van der Waals surface area contributed by atoms with Gasteiger partial charge in [-0.3, -0.25) is 4.79 Å². The number of rotatable bonds is 6. The molecule has 1 amide bonds. The number of ether oxygens (including phenoxy) is 2. The normalized spacial score (nSPS) is 17.9. The van der Waals surface area contributed by atoms with Crippen LogP contribution >= 0.6 is 11.3 Å². The summed E-state index contributed by atoms with van der Waals surface area (Å²) in [7, 11) is 1.57. The highest BCUT2D eigenvalue weighted by molar-refractivity contribution is 7.13. The number of benzene rings is 1. The number of carboxylic acid groups (broad SMARTS) is 1. The fourth-order valence-electron chi connectivity index (χ4n) is 2.74. The molecule has 0 radical (unpaired) electrons. The molecule has 3 rings (SSSR count). The summed E-state index contributed by atoms with van der Waals surface area (Å²) >= 11 is 1.30. The summed E-state index contributed by atoms with van der Waals surface area (Å²) in [6, 6.07) is 6.41. The SMILES string of the molecule is COc1ccccc1-c1nc(C(=O)NC(C(=O)O)C2CCOC2)cs1. The van der Waals surface area contributed by atoms with E-state index in [4.69, 9.17) is 9.47 Å². The summed E-state index contributed by atoms with van der Waals surface area (Å²) in [5, 5.41) is 14.2. The number of hydrogen-bond acceptors (Lipinski definition) is 6. The van der Waals surface area contributed by atoms with Crippen LogP contribution in [0.2, 0.25) is 0 Å². The smallest absolute Gasteiger partial charge is 0.326 e. The first-order chi connectivity index (χ1) is 12.1. The van der Waals surface area contributed by atoms with Gasteiger partial charge in [0.15, 0.2) is 0 Å². The van der Waals surface area contributed by atoms with Crippen LogP contribution in [0, 0.1) is 5.92 Å². The molecule has 0 aliphatic carbocycles. The summed E-state index contributed by atoms with van der Waals surface area (Å²) in [4.78, 5) is 28.2. The maximum Gasteiger partial charge on any atom is 0.326 e. The van der Waals surface area contributed by atoms with E-state index in [1.807, 2.05) is 24.3 Å². The van der Waals surface area contributed by atoms with Crippen LogP contribution in [0.25, 0.3) is 10.6 Å². The summed E-state index contributed by atoms with van der Waals surface area (Å²) < 4.78 is 10.5. The lowest BCUT2D eigenvalue weighted by Gasteiger charge is -2.18. The average molecular weight is 362 g/mol. The van der Waals surface area contributed by atoms with Gasteiger partial charge >= 0.3 is 5.97 Å². The van der Waals surface area contributed by atoms with Crippen molar-refractivity contribution >= 4 is 23.2 Å². The molecule has 1 aromatic heterocycles. The monoisotopic (exact) mass is 362 g/mol. The number of carbonyl (C=O) groups excluding carboxylic acids is 1. The van der Waals surface area contributed by atoms with Gasteiger partial charge in [0, 0.05) is 17.9 Å². The summed E-state index contributed by atoms with van der Waals surface area (Å²) in [5.41, 5.74) is 0.976. The zero-order valence-electron chi connectivity index (χ0n) is 13.6. The van der Waals surface area contributed by atoms with E-state index in [1.165, 1.54) is 11.3 Å². The fraction of sp³-hybridized carbons (Fsp3) is 0.353. The van der Waals surface area contributed by atoms with Gasteiger partial charge in [-0.25, -0.2) is 9.78 Å². The lowest BCUT2D eigenvalue weighted by Crippen LogP contribution is -2.46. The molecule has 1 fully saturated rings. The highest BCUT2D eigenvalue weighted by atomic mass is 32.1. The zero-order chi connectivity index (χ0) is 17.8. The Hall–Kier alpha value is -2.45. The molecule has 1 aliphatic heterocycles. The molecule has 2 atom stereocenters. The van der Waals surface area contributed by atoms with Gasteiger partial charge in [-0.15, -0.1) is 11.3 Å². The molecule has 2 unspecified atom stereocenters. The van der Waals surface area contributed by atoms with E-state index >= 15 is 0 Å². The van der Waals surface area contributed by atoms with Gasteiger partial charge in [-0.05, 0) is 18.6 Å². The van der Waals surface area contributed by atoms with Gasteiger partial charge in [0.05, 0.1) is 19.3 Å². The Morgan fingerprint density at radius 2 is 2.24 bits per heavy atom. The highest BCUT2D eigenvalue weighted by Gasteiger charge is 2.33. The number of para-hydroxylation sites is 1. The number of aromatic nitrogens is 1. The number of nitrogens with one attached hydrogen (secondary N) is 1. The molecule has 1 saturated heterocycles.